The molecule has 1 fully saturated rings. The third-order valence-electron chi connectivity index (χ3n) is 5.23. The number of hydrazine groups is 1. The first-order valence-electron chi connectivity index (χ1n) is 9.93. The molecule has 1 aromatic heterocycles. The molecular weight excluding hydrogens is 402 g/mol. The van der Waals surface area contributed by atoms with Crippen LogP contribution in [0.15, 0.2) is 54.6 Å². The summed E-state index contributed by atoms with van der Waals surface area (Å²) >= 11 is 5.98. The van der Waals surface area contributed by atoms with Crippen molar-refractivity contribution in [2.75, 3.05) is 13.2 Å². The molecule has 0 atom stereocenters. The molecule has 1 aliphatic rings. The number of benzene rings is 2. The molecule has 0 saturated carbocycles. The highest BCUT2D eigenvalue weighted by Gasteiger charge is 2.19. The molecule has 0 radical (unpaired) electrons. The van der Waals surface area contributed by atoms with Gasteiger partial charge in [-0.3, -0.25) is 20.4 Å². The van der Waals surface area contributed by atoms with Gasteiger partial charge in [-0.15, -0.1) is 0 Å². The van der Waals surface area contributed by atoms with Crippen molar-refractivity contribution in [2.45, 2.75) is 19.3 Å². The lowest BCUT2D eigenvalue weighted by Gasteiger charge is -2.21. The normalized spacial score (nSPS) is 14.4. The second-order valence-electron chi connectivity index (χ2n) is 7.34. The number of carbonyl (C=O) groups is 2. The predicted octanol–water partition coefficient (Wildman–Crippen LogP) is 4.13. The van der Waals surface area contributed by atoms with Gasteiger partial charge in [0.25, 0.3) is 5.91 Å². The van der Waals surface area contributed by atoms with Crippen LogP contribution in [0.2, 0.25) is 5.02 Å². The molecule has 154 valence electrons. The number of ether oxygens (including phenoxy) is 1. The van der Waals surface area contributed by atoms with Gasteiger partial charge in [-0.2, -0.15) is 0 Å². The SMILES string of the molecule is O=C(CC1CCOCC1)NNC(=O)c1cc(-c2ccc(Cl)cc2)nc2ccccc12. The number of halogens is 1. The molecule has 0 aliphatic carbocycles. The van der Waals surface area contributed by atoms with Gasteiger partial charge in [-0.05, 0) is 43.0 Å². The van der Waals surface area contributed by atoms with Crippen molar-refractivity contribution in [2.24, 2.45) is 5.92 Å². The van der Waals surface area contributed by atoms with Crippen LogP contribution in [-0.2, 0) is 9.53 Å². The van der Waals surface area contributed by atoms with Crippen molar-refractivity contribution in [3.63, 3.8) is 0 Å². The second kappa shape index (κ2) is 9.24. The summed E-state index contributed by atoms with van der Waals surface area (Å²) in [7, 11) is 0. The van der Waals surface area contributed by atoms with Gasteiger partial charge in [0.15, 0.2) is 0 Å². The van der Waals surface area contributed by atoms with E-state index in [0.717, 1.165) is 18.4 Å². The largest absolute Gasteiger partial charge is 0.381 e. The molecule has 0 bridgehead atoms. The van der Waals surface area contributed by atoms with E-state index in [0.29, 0.717) is 46.8 Å². The first kappa shape index (κ1) is 20.3. The number of hydrogen-bond acceptors (Lipinski definition) is 4. The average molecular weight is 424 g/mol. The Bertz CT molecular complexity index is 1060. The van der Waals surface area contributed by atoms with Crippen molar-refractivity contribution >= 4 is 34.3 Å². The Labute approximate surface area is 179 Å². The van der Waals surface area contributed by atoms with Gasteiger partial charge in [-0.1, -0.05) is 41.9 Å². The van der Waals surface area contributed by atoms with Crippen LogP contribution in [0.5, 0.6) is 0 Å². The van der Waals surface area contributed by atoms with Gasteiger partial charge in [0.2, 0.25) is 5.91 Å². The molecule has 1 saturated heterocycles. The first-order valence-corrected chi connectivity index (χ1v) is 10.3. The van der Waals surface area contributed by atoms with Crippen LogP contribution in [0.3, 0.4) is 0 Å². The summed E-state index contributed by atoms with van der Waals surface area (Å²) in [6, 6.07) is 16.4. The Hall–Kier alpha value is -2.96. The highest BCUT2D eigenvalue weighted by molar-refractivity contribution is 6.30. The van der Waals surface area contributed by atoms with E-state index >= 15 is 0 Å². The van der Waals surface area contributed by atoms with Crippen LogP contribution in [0, 0.1) is 5.92 Å². The maximum Gasteiger partial charge on any atom is 0.270 e. The summed E-state index contributed by atoms with van der Waals surface area (Å²) < 4.78 is 5.32. The van der Waals surface area contributed by atoms with Crippen LogP contribution in [0.1, 0.15) is 29.6 Å². The fourth-order valence-corrected chi connectivity index (χ4v) is 3.72. The van der Waals surface area contributed by atoms with Gasteiger partial charge >= 0.3 is 0 Å². The monoisotopic (exact) mass is 423 g/mol. The van der Waals surface area contributed by atoms with Gasteiger partial charge in [0.1, 0.15) is 0 Å². The zero-order chi connectivity index (χ0) is 20.9. The molecule has 4 rings (SSSR count). The number of pyridine rings is 1. The van der Waals surface area contributed by atoms with Crippen molar-refractivity contribution < 1.29 is 14.3 Å². The van der Waals surface area contributed by atoms with Crippen molar-refractivity contribution in [1.29, 1.82) is 0 Å². The van der Waals surface area contributed by atoms with Crippen LogP contribution in [0.4, 0.5) is 0 Å². The van der Waals surface area contributed by atoms with E-state index in [4.69, 9.17) is 16.3 Å². The molecule has 7 heteroatoms. The van der Waals surface area contributed by atoms with Gasteiger partial charge in [0.05, 0.1) is 16.8 Å². The lowest BCUT2D eigenvalue weighted by molar-refractivity contribution is -0.123. The maximum absolute atomic E-state index is 12.9. The highest BCUT2D eigenvalue weighted by Crippen LogP contribution is 2.26. The number of hydrogen-bond donors (Lipinski definition) is 2. The van der Waals surface area contributed by atoms with Gasteiger partial charge < -0.3 is 4.74 Å². The Morgan fingerprint density at radius 2 is 1.77 bits per heavy atom. The fraction of sp³-hybridized carbons (Fsp3) is 0.261. The minimum Gasteiger partial charge on any atom is -0.381 e. The molecule has 2 amide bonds. The Morgan fingerprint density at radius 1 is 1.03 bits per heavy atom. The predicted molar refractivity (Wildman–Crippen MR) is 116 cm³/mol. The van der Waals surface area contributed by atoms with Gasteiger partial charge in [0, 0.05) is 35.6 Å². The highest BCUT2D eigenvalue weighted by atomic mass is 35.5. The number of nitrogens with zero attached hydrogens (tertiary/aromatic N) is 1. The molecule has 6 nitrogen and oxygen atoms in total. The smallest absolute Gasteiger partial charge is 0.270 e. The lowest BCUT2D eigenvalue weighted by atomic mass is 9.96. The summed E-state index contributed by atoms with van der Waals surface area (Å²) in [6.07, 6.45) is 2.10. The second-order valence-corrected chi connectivity index (χ2v) is 7.78. The molecule has 0 unspecified atom stereocenters. The Balaban J connectivity index is 1.53. The van der Waals surface area contributed by atoms with Crippen LogP contribution in [0.25, 0.3) is 22.2 Å². The Kier molecular flexibility index (Phi) is 6.26. The van der Waals surface area contributed by atoms with Crippen LogP contribution in [-0.4, -0.2) is 30.0 Å². The average Bonchev–Trinajstić information content (AvgIpc) is 2.78. The number of carbonyl (C=O) groups excluding carboxylic acids is 2. The quantitative estimate of drug-likeness (QED) is 0.618. The zero-order valence-corrected chi connectivity index (χ0v) is 17.1. The summed E-state index contributed by atoms with van der Waals surface area (Å²) in [5.41, 5.74) is 7.74. The van der Waals surface area contributed by atoms with Crippen molar-refractivity contribution in [3.8, 4) is 11.3 Å². The molecule has 1 aliphatic heterocycles. The van der Waals surface area contributed by atoms with Crippen molar-refractivity contribution in [3.05, 3.63) is 65.2 Å². The van der Waals surface area contributed by atoms with Crippen LogP contribution < -0.4 is 10.9 Å². The van der Waals surface area contributed by atoms with E-state index in [1.807, 2.05) is 36.4 Å². The number of aromatic nitrogens is 1. The van der Waals surface area contributed by atoms with E-state index < -0.39 is 0 Å². The van der Waals surface area contributed by atoms with Crippen LogP contribution >= 0.6 is 11.6 Å². The standard InChI is InChI=1S/C23H22ClN3O3/c24-17-7-5-16(6-8-17)21-14-19(18-3-1-2-4-20(18)25-21)23(29)27-26-22(28)13-15-9-11-30-12-10-15/h1-8,14-15H,9-13H2,(H,26,28)(H,27,29). The number of nitrogens with one attached hydrogen (secondary N) is 2. The van der Waals surface area contributed by atoms with Crippen molar-refractivity contribution in [1.82, 2.24) is 15.8 Å². The fourth-order valence-electron chi connectivity index (χ4n) is 3.59. The topological polar surface area (TPSA) is 80.3 Å². The summed E-state index contributed by atoms with van der Waals surface area (Å²) in [5.74, 6) is -0.301. The number of rotatable bonds is 4. The summed E-state index contributed by atoms with van der Waals surface area (Å²) in [5, 5.41) is 1.34. The maximum atomic E-state index is 12.9. The number of amides is 2. The zero-order valence-electron chi connectivity index (χ0n) is 16.4. The minimum absolute atomic E-state index is 0.202. The third-order valence-corrected chi connectivity index (χ3v) is 5.48. The molecule has 3 aromatic rings. The first-order chi connectivity index (χ1) is 14.6. The summed E-state index contributed by atoms with van der Waals surface area (Å²) in [4.78, 5) is 29.8. The lowest BCUT2D eigenvalue weighted by Crippen LogP contribution is -2.42. The van der Waals surface area contributed by atoms with E-state index in [-0.39, 0.29) is 17.7 Å². The van der Waals surface area contributed by atoms with E-state index in [2.05, 4.69) is 15.8 Å². The molecule has 2 N–H and O–H groups in total. The number of fused-ring (bicyclic) bond motifs is 1. The number of para-hydroxylation sites is 1. The van der Waals surface area contributed by atoms with Gasteiger partial charge in [-0.25, -0.2) is 4.98 Å². The molecular formula is C23H22ClN3O3. The molecule has 2 aromatic carbocycles. The third kappa shape index (κ3) is 4.78. The van der Waals surface area contributed by atoms with E-state index in [1.165, 1.54) is 0 Å². The van der Waals surface area contributed by atoms with E-state index in [1.54, 1.807) is 18.2 Å². The molecule has 2 heterocycles. The molecule has 30 heavy (non-hydrogen) atoms. The molecule has 0 spiro atoms. The summed E-state index contributed by atoms with van der Waals surface area (Å²) in [6.45, 7) is 1.36. The minimum atomic E-state index is -0.385. The van der Waals surface area contributed by atoms with E-state index in [9.17, 15) is 9.59 Å². The Morgan fingerprint density at radius 3 is 2.53 bits per heavy atom.